The number of pyridine rings is 1. The summed E-state index contributed by atoms with van der Waals surface area (Å²) in [5.74, 6) is 1.11. The van der Waals surface area contributed by atoms with Crippen LogP contribution in [0, 0.1) is 6.92 Å². The summed E-state index contributed by atoms with van der Waals surface area (Å²) in [5.41, 5.74) is 3.00. The van der Waals surface area contributed by atoms with Gasteiger partial charge in [0.15, 0.2) is 11.6 Å². The fourth-order valence-electron chi connectivity index (χ4n) is 2.77. The number of aliphatic hydroxyl groups excluding tert-OH is 1. The van der Waals surface area contributed by atoms with Crippen LogP contribution in [0.5, 0.6) is 5.75 Å². The molecule has 0 atom stereocenters. The van der Waals surface area contributed by atoms with Gasteiger partial charge in [-0.2, -0.15) is 0 Å². The third-order valence-electron chi connectivity index (χ3n) is 4.65. The number of anilines is 1. The molecule has 1 saturated carbocycles. The maximum Gasteiger partial charge on any atom is 0.251 e. The number of methoxy groups -OCH3 is 1. The van der Waals surface area contributed by atoms with Crippen molar-refractivity contribution >= 4 is 11.7 Å². The minimum Gasteiger partial charge on any atom is -0.493 e. The van der Waals surface area contributed by atoms with Gasteiger partial charge in [-0.3, -0.25) is 4.79 Å². The third-order valence-corrected chi connectivity index (χ3v) is 4.65. The molecule has 6 nitrogen and oxygen atoms in total. The molecule has 0 radical (unpaired) electrons. The first-order chi connectivity index (χ1) is 12.8. The number of benzene rings is 1. The second-order valence-electron chi connectivity index (χ2n) is 7.72. The second kappa shape index (κ2) is 7.56. The van der Waals surface area contributed by atoms with E-state index in [1.165, 1.54) is 0 Å². The Morgan fingerprint density at radius 2 is 2.07 bits per heavy atom. The maximum absolute atomic E-state index is 12.4. The van der Waals surface area contributed by atoms with Gasteiger partial charge in [-0.1, -0.05) is 6.07 Å². The number of aromatic nitrogens is 1. The van der Waals surface area contributed by atoms with Gasteiger partial charge in [0.1, 0.15) is 0 Å². The number of ether oxygens (including phenoxy) is 1. The molecule has 1 aromatic carbocycles. The van der Waals surface area contributed by atoms with E-state index in [-0.39, 0.29) is 12.5 Å². The largest absolute Gasteiger partial charge is 0.493 e. The molecular weight excluding hydrogens is 342 g/mol. The van der Waals surface area contributed by atoms with Crippen molar-refractivity contribution in [1.29, 1.82) is 0 Å². The molecule has 0 bridgehead atoms. The Balaban J connectivity index is 1.92. The molecular formula is C21H27N3O3. The molecule has 0 aliphatic heterocycles. The van der Waals surface area contributed by atoms with Crippen molar-refractivity contribution in [3.8, 4) is 16.9 Å². The van der Waals surface area contributed by atoms with Crippen LogP contribution in [0.4, 0.5) is 5.82 Å². The van der Waals surface area contributed by atoms with E-state index in [0.29, 0.717) is 23.2 Å². The lowest BCUT2D eigenvalue weighted by Gasteiger charge is -2.25. The summed E-state index contributed by atoms with van der Waals surface area (Å²) in [7, 11) is 1.59. The van der Waals surface area contributed by atoms with Crippen LogP contribution in [-0.4, -0.2) is 41.3 Å². The number of hydrogen-bond acceptors (Lipinski definition) is 5. The summed E-state index contributed by atoms with van der Waals surface area (Å²) < 4.78 is 5.49. The zero-order valence-corrected chi connectivity index (χ0v) is 16.3. The first-order valence-electron chi connectivity index (χ1n) is 9.18. The topological polar surface area (TPSA) is 83.5 Å². The van der Waals surface area contributed by atoms with Gasteiger partial charge >= 0.3 is 0 Å². The Hall–Kier alpha value is -2.60. The van der Waals surface area contributed by atoms with Crippen LogP contribution < -0.4 is 15.4 Å². The van der Waals surface area contributed by atoms with Gasteiger partial charge < -0.3 is 20.5 Å². The SMILES string of the molecule is COc1cc(-c2cc(C(=O)NC3CC3)ccc2C)cnc1NC(C)(C)CO. The lowest BCUT2D eigenvalue weighted by molar-refractivity contribution is 0.0951. The predicted octanol–water partition coefficient (Wildman–Crippen LogP) is 3.14. The van der Waals surface area contributed by atoms with Gasteiger partial charge in [-0.25, -0.2) is 4.98 Å². The Kier molecular flexibility index (Phi) is 5.37. The van der Waals surface area contributed by atoms with Crippen LogP contribution in [-0.2, 0) is 0 Å². The number of carbonyl (C=O) groups excluding carboxylic acids is 1. The number of aliphatic hydroxyl groups is 1. The van der Waals surface area contributed by atoms with Crippen molar-refractivity contribution in [2.75, 3.05) is 19.0 Å². The fourth-order valence-corrected chi connectivity index (χ4v) is 2.77. The van der Waals surface area contributed by atoms with Crippen molar-refractivity contribution in [2.24, 2.45) is 0 Å². The van der Waals surface area contributed by atoms with Crippen LogP contribution >= 0.6 is 0 Å². The molecule has 1 heterocycles. The number of nitrogens with zero attached hydrogens (tertiary/aromatic N) is 1. The van der Waals surface area contributed by atoms with Crippen molar-refractivity contribution in [3.63, 3.8) is 0 Å². The molecule has 0 unspecified atom stereocenters. The van der Waals surface area contributed by atoms with Crippen LogP contribution in [0.1, 0.15) is 42.6 Å². The molecule has 144 valence electrons. The molecule has 1 fully saturated rings. The maximum atomic E-state index is 12.4. The van der Waals surface area contributed by atoms with Crippen LogP contribution in [0.25, 0.3) is 11.1 Å². The minimum atomic E-state index is -0.515. The van der Waals surface area contributed by atoms with Crippen molar-refractivity contribution in [1.82, 2.24) is 10.3 Å². The molecule has 1 aromatic heterocycles. The molecule has 2 aromatic rings. The Morgan fingerprint density at radius 3 is 2.70 bits per heavy atom. The number of nitrogens with one attached hydrogen (secondary N) is 2. The second-order valence-corrected chi connectivity index (χ2v) is 7.72. The molecule has 0 spiro atoms. The zero-order valence-electron chi connectivity index (χ0n) is 16.3. The van der Waals surface area contributed by atoms with Crippen LogP contribution in [0.2, 0.25) is 0 Å². The zero-order chi connectivity index (χ0) is 19.6. The molecule has 1 aliphatic rings. The van der Waals surface area contributed by atoms with Crippen molar-refractivity contribution in [2.45, 2.75) is 45.2 Å². The molecule has 27 heavy (non-hydrogen) atoms. The normalized spacial score (nSPS) is 14.0. The standard InChI is InChI=1S/C21H27N3O3/c1-13-5-6-14(20(26)23-16-7-8-16)9-17(13)15-10-18(27-4)19(22-11-15)24-21(2,3)12-25/h5-6,9-11,16,25H,7-8,12H2,1-4H3,(H,22,24)(H,23,26). The predicted molar refractivity (Wildman–Crippen MR) is 106 cm³/mol. The van der Waals surface area contributed by atoms with Gasteiger partial charge in [-0.05, 0) is 62.9 Å². The Labute approximate surface area is 160 Å². The van der Waals surface area contributed by atoms with Crippen LogP contribution in [0.15, 0.2) is 30.5 Å². The van der Waals surface area contributed by atoms with E-state index in [0.717, 1.165) is 29.5 Å². The van der Waals surface area contributed by atoms with E-state index in [4.69, 9.17) is 4.74 Å². The number of hydrogen-bond donors (Lipinski definition) is 3. The summed E-state index contributed by atoms with van der Waals surface area (Å²) in [6, 6.07) is 7.91. The summed E-state index contributed by atoms with van der Waals surface area (Å²) in [4.78, 5) is 16.9. The third kappa shape index (κ3) is 4.57. The average molecular weight is 369 g/mol. The lowest BCUT2D eigenvalue weighted by Crippen LogP contribution is -2.35. The number of aryl methyl sites for hydroxylation is 1. The monoisotopic (exact) mass is 369 g/mol. The summed E-state index contributed by atoms with van der Waals surface area (Å²) in [6.45, 7) is 5.74. The molecule has 1 aliphatic carbocycles. The molecule has 0 saturated heterocycles. The number of rotatable bonds is 7. The fraction of sp³-hybridized carbons (Fsp3) is 0.429. The van der Waals surface area contributed by atoms with E-state index < -0.39 is 5.54 Å². The van der Waals surface area contributed by atoms with Crippen LogP contribution in [0.3, 0.4) is 0 Å². The lowest BCUT2D eigenvalue weighted by atomic mass is 9.98. The molecule has 3 rings (SSSR count). The Morgan fingerprint density at radius 1 is 1.33 bits per heavy atom. The van der Waals surface area contributed by atoms with E-state index >= 15 is 0 Å². The van der Waals surface area contributed by atoms with E-state index in [9.17, 15) is 9.90 Å². The van der Waals surface area contributed by atoms with E-state index in [1.807, 2.05) is 45.0 Å². The average Bonchev–Trinajstić information content (AvgIpc) is 3.46. The Bertz CT molecular complexity index is 845. The highest BCUT2D eigenvalue weighted by molar-refractivity contribution is 5.96. The van der Waals surface area contributed by atoms with Gasteiger partial charge in [0.25, 0.3) is 5.91 Å². The van der Waals surface area contributed by atoms with E-state index in [2.05, 4.69) is 15.6 Å². The smallest absolute Gasteiger partial charge is 0.251 e. The molecule has 6 heteroatoms. The highest BCUT2D eigenvalue weighted by atomic mass is 16.5. The first-order valence-corrected chi connectivity index (χ1v) is 9.18. The number of amides is 1. The summed E-state index contributed by atoms with van der Waals surface area (Å²) in [6.07, 6.45) is 3.87. The van der Waals surface area contributed by atoms with Gasteiger partial charge in [0, 0.05) is 23.4 Å². The van der Waals surface area contributed by atoms with Crippen molar-refractivity contribution in [3.05, 3.63) is 41.6 Å². The highest BCUT2D eigenvalue weighted by Gasteiger charge is 2.24. The van der Waals surface area contributed by atoms with Gasteiger partial charge in [0.2, 0.25) is 0 Å². The summed E-state index contributed by atoms with van der Waals surface area (Å²) in [5, 5.41) is 15.7. The van der Waals surface area contributed by atoms with Gasteiger partial charge in [0.05, 0.1) is 19.3 Å². The van der Waals surface area contributed by atoms with Gasteiger partial charge in [-0.15, -0.1) is 0 Å². The quantitative estimate of drug-likeness (QED) is 0.698. The molecule has 3 N–H and O–H groups in total. The van der Waals surface area contributed by atoms with E-state index in [1.54, 1.807) is 13.3 Å². The molecule has 1 amide bonds. The highest BCUT2D eigenvalue weighted by Crippen LogP contribution is 2.32. The summed E-state index contributed by atoms with van der Waals surface area (Å²) >= 11 is 0. The number of carbonyl (C=O) groups is 1. The minimum absolute atomic E-state index is 0.0309. The first kappa shape index (κ1) is 19.2. The van der Waals surface area contributed by atoms with Crippen molar-refractivity contribution < 1.29 is 14.6 Å².